The van der Waals surface area contributed by atoms with Crippen molar-refractivity contribution in [2.75, 3.05) is 13.7 Å². The van der Waals surface area contributed by atoms with E-state index in [9.17, 15) is 5.11 Å². The summed E-state index contributed by atoms with van der Waals surface area (Å²) in [5, 5.41) is 26.8. The number of nitrogens with zero attached hydrogens (tertiary/aromatic N) is 4. The SMILES string of the molecule is COCCc1c(CC#N)nnn1CC(O)C1CC1. The molecule has 6 nitrogen and oxygen atoms in total. The molecular formula is C12H18N4O2. The van der Waals surface area contributed by atoms with Gasteiger partial charge in [0.2, 0.25) is 0 Å². The number of aliphatic hydroxyl groups is 1. The molecule has 0 amide bonds. The fourth-order valence-electron chi connectivity index (χ4n) is 2.01. The molecule has 0 aliphatic heterocycles. The molecule has 1 unspecified atom stereocenters. The van der Waals surface area contributed by atoms with Crippen LogP contribution >= 0.6 is 0 Å². The van der Waals surface area contributed by atoms with E-state index in [0.29, 0.717) is 31.2 Å². The predicted octanol–water partition coefficient (Wildman–Crippen LogP) is 0.304. The zero-order valence-electron chi connectivity index (χ0n) is 10.5. The van der Waals surface area contributed by atoms with Crippen molar-refractivity contribution in [2.45, 2.75) is 38.3 Å². The Balaban J connectivity index is 2.09. The lowest BCUT2D eigenvalue weighted by Gasteiger charge is -2.11. The number of ether oxygens (including phenoxy) is 1. The van der Waals surface area contributed by atoms with Gasteiger partial charge in [-0.05, 0) is 18.8 Å². The monoisotopic (exact) mass is 250 g/mol. The summed E-state index contributed by atoms with van der Waals surface area (Å²) in [7, 11) is 1.64. The van der Waals surface area contributed by atoms with Gasteiger partial charge in [0.15, 0.2) is 0 Å². The van der Waals surface area contributed by atoms with Crippen LogP contribution in [0.4, 0.5) is 0 Å². The van der Waals surface area contributed by atoms with Crippen molar-refractivity contribution in [3.8, 4) is 6.07 Å². The number of hydrogen-bond acceptors (Lipinski definition) is 5. The van der Waals surface area contributed by atoms with E-state index in [4.69, 9.17) is 10.00 Å². The van der Waals surface area contributed by atoms with Crippen LogP contribution in [-0.2, 0) is 24.1 Å². The van der Waals surface area contributed by atoms with E-state index < -0.39 is 0 Å². The molecule has 1 heterocycles. The van der Waals surface area contributed by atoms with Crippen molar-refractivity contribution in [2.24, 2.45) is 5.92 Å². The molecule has 1 fully saturated rings. The predicted molar refractivity (Wildman–Crippen MR) is 63.6 cm³/mol. The molecule has 6 heteroatoms. The van der Waals surface area contributed by atoms with E-state index in [-0.39, 0.29) is 12.5 Å². The minimum atomic E-state index is -0.358. The van der Waals surface area contributed by atoms with Crippen molar-refractivity contribution in [1.82, 2.24) is 15.0 Å². The van der Waals surface area contributed by atoms with E-state index in [1.54, 1.807) is 11.8 Å². The van der Waals surface area contributed by atoms with Crippen LogP contribution < -0.4 is 0 Å². The Morgan fingerprint density at radius 2 is 2.39 bits per heavy atom. The van der Waals surface area contributed by atoms with Gasteiger partial charge in [0.05, 0.1) is 37.4 Å². The lowest BCUT2D eigenvalue weighted by Crippen LogP contribution is -2.21. The van der Waals surface area contributed by atoms with Gasteiger partial charge in [-0.25, -0.2) is 4.68 Å². The van der Waals surface area contributed by atoms with E-state index in [2.05, 4.69) is 16.4 Å². The number of hydrogen-bond donors (Lipinski definition) is 1. The second-order valence-electron chi connectivity index (χ2n) is 4.65. The average molecular weight is 250 g/mol. The van der Waals surface area contributed by atoms with Crippen molar-refractivity contribution in [3.05, 3.63) is 11.4 Å². The Morgan fingerprint density at radius 3 is 3.00 bits per heavy atom. The summed E-state index contributed by atoms with van der Waals surface area (Å²) >= 11 is 0. The Bertz CT molecular complexity index is 434. The number of aliphatic hydroxyl groups excluding tert-OH is 1. The summed E-state index contributed by atoms with van der Waals surface area (Å²) in [5.74, 6) is 0.406. The smallest absolute Gasteiger partial charge is 0.100 e. The fourth-order valence-corrected chi connectivity index (χ4v) is 2.01. The zero-order valence-corrected chi connectivity index (χ0v) is 10.5. The van der Waals surface area contributed by atoms with Crippen LogP contribution in [0.15, 0.2) is 0 Å². The highest BCUT2D eigenvalue weighted by atomic mass is 16.5. The van der Waals surface area contributed by atoms with Crippen LogP contribution in [0.5, 0.6) is 0 Å². The Hall–Kier alpha value is -1.45. The minimum Gasteiger partial charge on any atom is -0.391 e. The van der Waals surface area contributed by atoms with Gasteiger partial charge in [-0.15, -0.1) is 5.10 Å². The molecule has 1 saturated carbocycles. The fraction of sp³-hybridized carbons (Fsp3) is 0.750. The third kappa shape index (κ3) is 3.06. The molecule has 0 bridgehead atoms. The Labute approximate surface area is 106 Å². The van der Waals surface area contributed by atoms with Crippen molar-refractivity contribution < 1.29 is 9.84 Å². The number of methoxy groups -OCH3 is 1. The molecule has 0 aromatic carbocycles. The molecule has 2 rings (SSSR count). The maximum absolute atomic E-state index is 9.95. The first-order valence-corrected chi connectivity index (χ1v) is 6.21. The maximum atomic E-state index is 9.95. The summed E-state index contributed by atoms with van der Waals surface area (Å²) in [6.45, 7) is 1.02. The van der Waals surface area contributed by atoms with Gasteiger partial charge in [0, 0.05) is 13.5 Å². The van der Waals surface area contributed by atoms with E-state index >= 15 is 0 Å². The molecule has 1 atom stereocenters. The summed E-state index contributed by atoms with van der Waals surface area (Å²) in [6.07, 6.45) is 2.74. The van der Waals surface area contributed by atoms with E-state index in [0.717, 1.165) is 18.5 Å². The first-order valence-electron chi connectivity index (χ1n) is 6.21. The van der Waals surface area contributed by atoms with Crippen LogP contribution in [-0.4, -0.2) is 39.9 Å². The lowest BCUT2D eigenvalue weighted by atomic mass is 10.2. The summed E-state index contributed by atoms with van der Waals surface area (Å²) in [5.41, 5.74) is 1.59. The van der Waals surface area contributed by atoms with E-state index in [1.165, 1.54) is 0 Å². The van der Waals surface area contributed by atoms with Gasteiger partial charge in [-0.1, -0.05) is 5.21 Å². The Kier molecular flexibility index (Phi) is 4.28. The average Bonchev–Trinajstić information content (AvgIpc) is 3.14. The Morgan fingerprint density at radius 1 is 1.61 bits per heavy atom. The number of rotatable bonds is 7. The highest BCUT2D eigenvalue weighted by Crippen LogP contribution is 2.33. The third-order valence-electron chi connectivity index (χ3n) is 3.23. The van der Waals surface area contributed by atoms with Crippen LogP contribution in [0.3, 0.4) is 0 Å². The van der Waals surface area contributed by atoms with Gasteiger partial charge in [0.25, 0.3) is 0 Å². The standard InChI is InChI=1S/C12H18N4O2/c1-18-7-5-11-10(4-6-13)14-15-16(11)8-12(17)9-2-3-9/h9,12,17H,2-5,7-8H2,1H3. The maximum Gasteiger partial charge on any atom is 0.100 e. The molecule has 0 saturated heterocycles. The summed E-state index contributed by atoms with van der Waals surface area (Å²) in [6, 6.07) is 2.08. The quantitative estimate of drug-likeness (QED) is 0.752. The zero-order chi connectivity index (χ0) is 13.0. The largest absolute Gasteiger partial charge is 0.391 e. The van der Waals surface area contributed by atoms with Crippen LogP contribution in [0, 0.1) is 17.2 Å². The highest BCUT2D eigenvalue weighted by molar-refractivity contribution is 5.14. The van der Waals surface area contributed by atoms with Crippen LogP contribution in [0.25, 0.3) is 0 Å². The van der Waals surface area contributed by atoms with Gasteiger partial charge in [0.1, 0.15) is 5.69 Å². The molecule has 0 spiro atoms. The first-order chi connectivity index (χ1) is 8.76. The van der Waals surface area contributed by atoms with Crippen LogP contribution in [0.1, 0.15) is 24.2 Å². The number of nitriles is 1. The number of aromatic nitrogens is 3. The second kappa shape index (κ2) is 5.94. The molecule has 1 aromatic heterocycles. The normalized spacial score (nSPS) is 16.5. The van der Waals surface area contributed by atoms with Gasteiger partial charge in [-0.2, -0.15) is 5.26 Å². The van der Waals surface area contributed by atoms with Gasteiger partial charge in [-0.3, -0.25) is 0 Å². The van der Waals surface area contributed by atoms with Crippen LogP contribution in [0.2, 0.25) is 0 Å². The second-order valence-corrected chi connectivity index (χ2v) is 4.65. The summed E-state index contributed by atoms with van der Waals surface area (Å²) in [4.78, 5) is 0. The van der Waals surface area contributed by atoms with Gasteiger partial charge < -0.3 is 9.84 Å². The molecule has 1 aliphatic rings. The third-order valence-corrected chi connectivity index (χ3v) is 3.23. The van der Waals surface area contributed by atoms with Gasteiger partial charge >= 0.3 is 0 Å². The van der Waals surface area contributed by atoms with Crippen molar-refractivity contribution in [3.63, 3.8) is 0 Å². The molecule has 0 radical (unpaired) electrons. The molecule has 1 N–H and O–H groups in total. The van der Waals surface area contributed by atoms with Crippen molar-refractivity contribution in [1.29, 1.82) is 5.26 Å². The summed E-state index contributed by atoms with van der Waals surface area (Å²) < 4.78 is 6.77. The molecule has 18 heavy (non-hydrogen) atoms. The minimum absolute atomic E-state index is 0.249. The molecule has 1 aromatic rings. The molecular weight excluding hydrogens is 232 g/mol. The lowest BCUT2D eigenvalue weighted by molar-refractivity contribution is 0.124. The molecule has 98 valence electrons. The first kappa shape index (κ1) is 13.0. The van der Waals surface area contributed by atoms with E-state index in [1.807, 2.05) is 0 Å². The highest BCUT2D eigenvalue weighted by Gasteiger charge is 2.30. The molecule has 1 aliphatic carbocycles. The van der Waals surface area contributed by atoms with Crippen molar-refractivity contribution >= 4 is 0 Å². The topological polar surface area (TPSA) is 84.0 Å².